The van der Waals surface area contributed by atoms with Crippen molar-refractivity contribution in [1.29, 1.82) is 0 Å². The quantitative estimate of drug-likeness (QED) is 0.511. The van der Waals surface area contributed by atoms with Gasteiger partial charge in [-0.05, 0) is 25.7 Å². The summed E-state index contributed by atoms with van der Waals surface area (Å²) < 4.78 is 15.7. The van der Waals surface area contributed by atoms with Crippen LogP contribution in [0.15, 0.2) is 12.3 Å². The van der Waals surface area contributed by atoms with Crippen molar-refractivity contribution in [3.63, 3.8) is 0 Å². The zero-order chi connectivity index (χ0) is 18.4. The average Bonchev–Trinajstić information content (AvgIpc) is 3.39. The van der Waals surface area contributed by atoms with E-state index in [1.807, 2.05) is 0 Å². The number of Topliss-reactive ketones (excluding diaryl/α,β-unsaturated/α-hetero) is 1. The van der Waals surface area contributed by atoms with Gasteiger partial charge in [-0.3, -0.25) is 9.59 Å². The number of aromatic nitrogens is 1. The lowest BCUT2D eigenvalue weighted by Crippen LogP contribution is -2.26. The molecule has 2 atom stereocenters. The van der Waals surface area contributed by atoms with Gasteiger partial charge in [-0.2, -0.15) is 0 Å². The molecule has 1 heterocycles. The van der Waals surface area contributed by atoms with Crippen LogP contribution < -0.4 is 4.74 Å². The predicted octanol–water partition coefficient (Wildman–Crippen LogP) is 2.36. The number of ether oxygens (including phenoxy) is 3. The lowest BCUT2D eigenvalue weighted by atomic mass is 10.0. The summed E-state index contributed by atoms with van der Waals surface area (Å²) in [7, 11) is 1.38. The molecular weight excluding hydrogens is 326 g/mol. The average molecular weight is 351 g/mol. The molecule has 1 aromatic heterocycles. The number of carbonyl (C=O) groups excluding carboxylic acids is 2. The third kappa shape index (κ3) is 5.70. The minimum Gasteiger partial charge on any atom is -0.503 e. The van der Waals surface area contributed by atoms with Crippen LogP contribution in [0, 0.1) is 11.8 Å². The largest absolute Gasteiger partial charge is 0.503 e. The maximum Gasteiger partial charge on any atom is 0.309 e. The number of rotatable bonds is 10. The first kappa shape index (κ1) is 19.2. The Morgan fingerprint density at radius 2 is 2.08 bits per heavy atom. The van der Waals surface area contributed by atoms with E-state index in [1.165, 1.54) is 32.2 Å². The molecule has 0 unspecified atom stereocenters. The molecule has 0 spiro atoms. The molecule has 0 bridgehead atoms. The van der Waals surface area contributed by atoms with Gasteiger partial charge in [0.2, 0.25) is 0 Å². The van der Waals surface area contributed by atoms with Crippen molar-refractivity contribution in [3.8, 4) is 11.5 Å². The molecule has 0 saturated heterocycles. The molecule has 1 aliphatic carbocycles. The minimum atomic E-state index is -0.647. The first-order valence-electron chi connectivity index (χ1n) is 8.45. The Morgan fingerprint density at radius 3 is 2.72 bits per heavy atom. The van der Waals surface area contributed by atoms with Crippen molar-refractivity contribution in [3.05, 3.63) is 18.0 Å². The van der Waals surface area contributed by atoms with Crippen molar-refractivity contribution in [2.45, 2.75) is 39.2 Å². The summed E-state index contributed by atoms with van der Waals surface area (Å²) in [6.07, 6.45) is 3.31. The van der Waals surface area contributed by atoms with Gasteiger partial charge in [-0.15, -0.1) is 0 Å². The van der Waals surface area contributed by atoms with Crippen LogP contribution in [-0.4, -0.2) is 48.3 Å². The molecule has 2 rings (SSSR count). The smallest absolute Gasteiger partial charge is 0.309 e. The standard InChI is InChI=1S/C18H25NO6/c1-11(18(22)25-12(2)9-24-10-13-4-5-13)8-14(20)16-17(21)15(23-3)6-7-19-16/h6-7,11-13,21H,4-5,8-10H2,1-3H3/t11-,12+/m1/s1. The number of methoxy groups -OCH3 is 1. The molecule has 1 N–H and O–H groups in total. The second kappa shape index (κ2) is 8.80. The van der Waals surface area contributed by atoms with Gasteiger partial charge in [-0.25, -0.2) is 4.98 Å². The molecule has 1 saturated carbocycles. The van der Waals surface area contributed by atoms with Crippen LogP contribution in [0.1, 0.15) is 43.6 Å². The summed E-state index contributed by atoms with van der Waals surface area (Å²) in [6.45, 7) is 4.42. The Morgan fingerprint density at radius 1 is 1.36 bits per heavy atom. The van der Waals surface area contributed by atoms with Gasteiger partial charge >= 0.3 is 5.97 Å². The highest BCUT2D eigenvalue weighted by Gasteiger charge is 2.25. The monoisotopic (exact) mass is 351 g/mol. The molecule has 25 heavy (non-hydrogen) atoms. The fourth-order valence-corrected chi connectivity index (χ4v) is 2.30. The summed E-state index contributed by atoms with van der Waals surface area (Å²) in [5, 5.41) is 9.96. The van der Waals surface area contributed by atoms with Crippen molar-refractivity contribution >= 4 is 11.8 Å². The van der Waals surface area contributed by atoms with Crippen LogP contribution >= 0.6 is 0 Å². The first-order valence-corrected chi connectivity index (χ1v) is 8.45. The highest BCUT2D eigenvalue weighted by Crippen LogP contribution is 2.29. The SMILES string of the molecule is COc1ccnc(C(=O)C[C@@H](C)C(=O)O[C@@H](C)COCC2CC2)c1O. The Kier molecular flexibility index (Phi) is 6.75. The third-order valence-electron chi connectivity index (χ3n) is 3.99. The number of carbonyl (C=O) groups is 2. The first-order chi connectivity index (χ1) is 11.9. The molecule has 1 aromatic rings. The number of hydrogen-bond acceptors (Lipinski definition) is 7. The second-order valence-electron chi connectivity index (χ2n) is 6.47. The van der Waals surface area contributed by atoms with Gasteiger partial charge in [0, 0.05) is 25.3 Å². The molecule has 1 fully saturated rings. The van der Waals surface area contributed by atoms with Crippen molar-refractivity contribution in [2.75, 3.05) is 20.3 Å². The highest BCUT2D eigenvalue weighted by atomic mass is 16.6. The van der Waals surface area contributed by atoms with Gasteiger partial charge in [0.1, 0.15) is 6.10 Å². The molecule has 0 radical (unpaired) electrons. The normalized spacial score (nSPS) is 16.1. The van der Waals surface area contributed by atoms with Crippen LogP contribution in [0.2, 0.25) is 0 Å². The van der Waals surface area contributed by atoms with E-state index in [0.717, 1.165) is 0 Å². The fourth-order valence-electron chi connectivity index (χ4n) is 2.30. The Balaban J connectivity index is 1.82. The van der Waals surface area contributed by atoms with E-state index >= 15 is 0 Å². The molecule has 0 aliphatic heterocycles. The van der Waals surface area contributed by atoms with Crippen LogP contribution in [0.3, 0.4) is 0 Å². The Bertz CT molecular complexity index is 614. The van der Waals surface area contributed by atoms with Crippen molar-refractivity contribution < 1.29 is 28.9 Å². The van der Waals surface area contributed by atoms with E-state index in [-0.39, 0.29) is 29.7 Å². The van der Waals surface area contributed by atoms with Crippen LogP contribution in [-0.2, 0) is 14.3 Å². The van der Waals surface area contributed by atoms with Gasteiger partial charge < -0.3 is 19.3 Å². The van der Waals surface area contributed by atoms with Gasteiger partial charge in [-0.1, -0.05) is 6.92 Å². The number of nitrogens with zero attached hydrogens (tertiary/aromatic N) is 1. The Hall–Kier alpha value is -2.15. The number of esters is 1. The van der Waals surface area contributed by atoms with E-state index in [2.05, 4.69) is 4.98 Å². The summed E-state index contributed by atoms with van der Waals surface area (Å²) in [5.41, 5.74) is -0.111. The molecule has 7 nitrogen and oxygen atoms in total. The lowest BCUT2D eigenvalue weighted by molar-refractivity contribution is -0.155. The van der Waals surface area contributed by atoms with Gasteiger partial charge in [0.15, 0.2) is 23.0 Å². The van der Waals surface area contributed by atoms with E-state index in [4.69, 9.17) is 14.2 Å². The number of ketones is 1. The summed E-state index contributed by atoms with van der Waals surface area (Å²) in [5.74, 6) is -1.07. The molecule has 0 amide bonds. The lowest BCUT2D eigenvalue weighted by Gasteiger charge is -2.17. The Labute approximate surface area is 147 Å². The van der Waals surface area contributed by atoms with E-state index in [1.54, 1.807) is 13.8 Å². The zero-order valence-corrected chi connectivity index (χ0v) is 14.9. The number of pyridine rings is 1. The van der Waals surface area contributed by atoms with Crippen molar-refractivity contribution in [1.82, 2.24) is 4.98 Å². The van der Waals surface area contributed by atoms with E-state index in [9.17, 15) is 14.7 Å². The molecular formula is C18H25NO6. The maximum atomic E-state index is 12.3. The highest BCUT2D eigenvalue weighted by molar-refractivity contribution is 5.99. The minimum absolute atomic E-state index is 0.109. The summed E-state index contributed by atoms with van der Waals surface area (Å²) >= 11 is 0. The van der Waals surface area contributed by atoms with Crippen LogP contribution in [0.4, 0.5) is 0 Å². The molecule has 7 heteroatoms. The summed E-state index contributed by atoms with van der Waals surface area (Å²) in [4.78, 5) is 28.2. The predicted molar refractivity (Wildman–Crippen MR) is 89.7 cm³/mol. The van der Waals surface area contributed by atoms with E-state index < -0.39 is 17.7 Å². The molecule has 0 aromatic carbocycles. The number of hydrogen-bond donors (Lipinski definition) is 1. The fraction of sp³-hybridized carbons (Fsp3) is 0.611. The van der Waals surface area contributed by atoms with Gasteiger partial charge in [0.05, 0.1) is 19.6 Å². The number of aromatic hydroxyl groups is 1. The van der Waals surface area contributed by atoms with Gasteiger partial charge in [0.25, 0.3) is 0 Å². The van der Waals surface area contributed by atoms with Crippen molar-refractivity contribution in [2.24, 2.45) is 11.8 Å². The molecule has 1 aliphatic rings. The maximum absolute atomic E-state index is 12.3. The topological polar surface area (TPSA) is 95.0 Å². The molecule has 138 valence electrons. The second-order valence-corrected chi connectivity index (χ2v) is 6.47. The van der Waals surface area contributed by atoms with Crippen LogP contribution in [0.5, 0.6) is 11.5 Å². The zero-order valence-electron chi connectivity index (χ0n) is 14.9. The summed E-state index contributed by atoms with van der Waals surface area (Å²) in [6, 6.07) is 1.45. The third-order valence-corrected chi connectivity index (χ3v) is 3.99. The van der Waals surface area contributed by atoms with Crippen LogP contribution in [0.25, 0.3) is 0 Å². The van der Waals surface area contributed by atoms with E-state index in [0.29, 0.717) is 19.1 Å².